The third-order valence-electron chi connectivity index (χ3n) is 6.13. The molecule has 0 atom stereocenters. The average molecular weight is 294 g/mol. The van der Waals surface area contributed by atoms with Gasteiger partial charge in [-0.3, -0.25) is 4.79 Å². The molecule has 0 aromatic carbocycles. The third kappa shape index (κ3) is 5.64. The molecule has 2 aliphatic carbocycles. The normalized spacial score (nSPS) is 33.8. The maximum atomic E-state index is 10.8. The highest BCUT2D eigenvalue weighted by molar-refractivity contribution is 5.67. The average Bonchev–Trinajstić information content (AvgIpc) is 2.49. The molecule has 0 spiro atoms. The summed E-state index contributed by atoms with van der Waals surface area (Å²) in [6.07, 6.45) is 16.8. The van der Waals surface area contributed by atoms with E-state index < -0.39 is 5.97 Å². The van der Waals surface area contributed by atoms with Crippen molar-refractivity contribution in [3.8, 4) is 0 Å². The highest BCUT2D eigenvalue weighted by Gasteiger charge is 2.31. The Kier molecular flexibility index (Phi) is 7.06. The van der Waals surface area contributed by atoms with Gasteiger partial charge in [0.05, 0.1) is 0 Å². The molecule has 2 nitrogen and oxygen atoms in total. The summed E-state index contributed by atoms with van der Waals surface area (Å²) in [5.41, 5.74) is 0. The van der Waals surface area contributed by atoms with Crippen molar-refractivity contribution >= 4 is 5.97 Å². The van der Waals surface area contributed by atoms with Crippen molar-refractivity contribution in [3.05, 3.63) is 0 Å². The largest absolute Gasteiger partial charge is 0.481 e. The second-order valence-electron chi connectivity index (χ2n) is 7.66. The zero-order valence-electron chi connectivity index (χ0n) is 13.9. The van der Waals surface area contributed by atoms with E-state index in [2.05, 4.69) is 6.92 Å². The standard InChI is InChI=1S/C19H34O2/c1-2-3-4-5-15-6-10-17(11-7-15)18-12-8-16(9-13-18)14-19(20)21/h15-18H,2-14H2,1H3,(H,20,21). The van der Waals surface area contributed by atoms with Gasteiger partial charge in [-0.25, -0.2) is 0 Å². The molecule has 0 heterocycles. The van der Waals surface area contributed by atoms with Crippen LogP contribution in [0.4, 0.5) is 0 Å². The molecule has 0 aliphatic heterocycles. The van der Waals surface area contributed by atoms with Crippen LogP contribution in [0.1, 0.15) is 90.4 Å². The summed E-state index contributed by atoms with van der Waals surface area (Å²) in [5.74, 6) is 2.73. The van der Waals surface area contributed by atoms with Crippen molar-refractivity contribution in [1.29, 1.82) is 0 Å². The number of carbonyl (C=O) groups is 1. The van der Waals surface area contributed by atoms with Crippen LogP contribution in [0.25, 0.3) is 0 Å². The van der Waals surface area contributed by atoms with Crippen LogP contribution in [0.2, 0.25) is 0 Å². The van der Waals surface area contributed by atoms with Crippen molar-refractivity contribution in [1.82, 2.24) is 0 Å². The Labute approximate surface area is 130 Å². The van der Waals surface area contributed by atoms with Crippen molar-refractivity contribution in [2.75, 3.05) is 0 Å². The van der Waals surface area contributed by atoms with Crippen LogP contribution < -0.4 is 0 Å². The van der Waals surface area contributed by atoms with Gasteiger partial charge in [-0.15, -0.1) is 0 Å². The first-order valence-corrected chi connectivity index (χ1v) is 9.40. The molecule has 2 rings (SSSR count). The molecule has 1 N–H and O–H groups in total. The zero-order valence-corrected chi connectivity index (χ0v) is 13.9. The SMILES string of the molecule is CCCCCC1CCC(C2CCC(CC(=O)O)CC2)CC1. The fourth-order valence-electron chi connectivity index (χ4n) is 4.74. The Morgan fingerprint density at radius 2 is 1.38 bits per heavy atom. The maximum absolute atomic E-state index is 10.8. The Hall–Kier alpha value is -0.530. The van der Waals surface area contributed by atoms with Gasteiger partial charge in [0.1, 0.15) is 0 Å². The first-order valence-electron chi connectivity index (χ1n) is 9.40. The summed E-state index contributed by atoms with van der Waals surface area (Å²) >= 11 is 0. The summed E-state index contributed by atoms with van der Waals surface area (Å²) < 4.78 is 0. The Morgan fingerprint density at radius 3 is 1.86 bits per heavy atom. The second-order valence-corrected chi connectivity index (χ2v) is 7.66. The Balaban J connectivity index is 1.63. The van der Waals surface area contributed by atoms with E-state index in [0.29, 0.717) is 12.3 Å². The van der Waals surface area contributed by atoms with E-state index in [0.717, 1.165) is 30.6 Å². The molecule has 0 saturated heterocycles. The highest BCUT2D eigenvalue weighted by Crippen LogP contribution is 2.42. The predicted octanol–water partition coefficient (Wildman–Crippen LogP) is 5.65. The molecule has 2 heteroatoms. The van der Waals surface area contributed by atoms with Crippen LogP contribution in [0.3, 0.4) is 0 Å². The minimum Gasteiger partial charge on any atom is -0.481 e. The van der Waals surface area contributed by atoms with Crippen molar-refractivity contribution in [3.63, 3.8) is 0 Å². The molecule has 0 bridgehead atoms. The van der Waals surface area contributed by atoms with Crippen LogP contribution >= 0.6 is 0 Å². The van der Waals surface area contributed by atoms with Crippen LogP contribution in [-0.2, 0) is 4.79 Å². The molecule has 0 aromatic rings. The summed E-state index contributed by atoms with van der Waals surface area (Å²) in [4.78, 5) is 10.8. The lowest BCUT2D eigenvalue weighted by Crippen LogP contribution is -2.26. The number of aliphatic carboxylic acids is 1. The minimum atomic E-state index is -0.606. The topological polar surface area (TPSA) is 37.3 Å². The lowest BCUT2D eigenvalue weighted by molar-refractivity contribution is -0.138. The van der Waals surface area contributed by atoms with Crippen LogP contribution in [0, 0.1) is 23.7 Å². The van der Waals surface area contributed by atoms with Gasteiger partial charge in [-0.05, 0) is 62.2 Å². The second kappa shape index (κ2) is 8.80. The first-order chi connectivity index (χ1) is 10.2. The van der Waals surface area contributed by atoms with Crippen molar-refractivity contribution in [2.45, 2.75) is 90.4 Å². The number of carboxylic acids is 1. The van der Waals surface area contributed by atoms with Gasteiger partial charge < -0.3 is 5.11 Å². The fourth-order valence-corrected chi connectivity index (χ4v) is 4.74. The number of rotatable bonds is 7. The summed E-state index contributed by atoms with van der Waals surface area (Å²) in [5, 5.41) is 8.90. The molecule has 0 amide bonds. The molecule has 2 fully saturated rings. The van der Waals surface area contributed by atoms with Gasteiger partial charge in [-0.2, -0.15) is 0 Å². The molecule has 21 heavy (non-hydrogen) atoms. The smallest absolute Gasteiger partial charge is 0.303 e. The molecule has 0 aromatic heterocycles. The van der Waals surface area contributed by atoms with E-state index >= 15 is 0 Å². The van der Waals surface area contributed by atoms with Gasteiger partial charge in [0.15, 0.2) is 0 Å². The number of hydrogen-bond acceptors (Lipinski definition) is 1. The number of unbranched alkanes of at least 4 members (excludes halogenated alkanes) is 2. The van der Waals surface area contributed by atoms with Crippen LogP contribution in [-0.4, -0.2) is 11.1 Å². The lowest BCUT2D eigenvalue weighted by atomic mass is 9.68. The van der Waals surface area contributed by atoms with Gasteiger partial charge in [0.25, 0.3) is 0 Å². The molecular weight excluding hydrogens is 260 g/mol. The van der Waals surface area contributed by atoms with E-state index in [1.807, 2.05) is 0 Å². The number of hydrogen-bond donors (Lipinski definition) is 1. The van der Waals surface area contributed by atoms with E-state index in [4.69, 9.17) is 5.11 Å². The molecule has 122 valence electrons. The summed E-state index contributed by atoms with van der Waals surface area (Å²) in [7, 11) is 0. The number of carboxylic acid groups (broad SMARTS) is 1. The summed E-state index contributed by atoms with van der Waals surface area (Å²) in [6, 6.07) is 0. The predicted molar refractivity (Wildman–Crippen MR) is 87.3 cm³/mol. The highest BCUT2D eigenvalue weighted by atomic mass is 16.4. The lowest BCUT2D eigenvalue weighted by Gasteiger charge is -2.37. The molecule has 0 unspecified atom stereocenters. The summed E-state index contributed by atoms with van der Waals surface area (Å²) in [6.45, 7) is 2.29. The molecule has 2 saturated carbocycles. The van der Waals surface area contributed by atoms with Crippen LogP contribution in [0.15, 0.2) is 0 Å². The Morgan fingerprint density at radius 1 is 0.857 bits per heavy atom. The molecular formula is C19H34O2. The van der Waals surface area contributed by atoms with Crippen molar-refractivity contribution < 1.29 is 9.90 Å². The fraction of sp³-hybridized carbons (Fsp3) is 0.947. The zero-order chi connectivity index (χ0) is 15.1. The maximum Gasteiger partial charge on any atom is 0.303 e. The molecule has 0 radical (unpaired) electrons. The first kappa shape index (κ1) is 16.8. The molecule has 2 aliphatic rings. The monoisotopic (exact) mass is 294 g/mol. The van der Waals surface area contributed by atoms with E-state index in [1.54, 1.807) is 0 Å². The van der Waals surface area contributed by atoms with Gasteiger partial charge in [0.2, 0.25) is 0 Å². The van der Waals surface area contributed by atoms with Crippen LogP contribution in [0.5, 0.6) is 0 Å². The Bertz CT molecular complexity index is 297. The minimum absolute atomic E-state index is 0.400. The quantitative estimate of drug-likeness (QED) is 0.616. The van der Waals surface area contributed by atoms with E-state index in [-0.39, 0.29) is 0 Å². The van der Waals surface area contributed by atoms with Crippen molar-refractivity contribution in [2.24, 2.45) is 23.7 Å². The third-order valence-corrected chi connectivity index (χ3v) is 6.13. The van der Waals surface area contributed by atoms with Gasteiger partial charge >= 0.3 is 5.97 Å². The van der Waals surface area contributed by atoms with Gasteiger partial charge in [-0.1, -0.05) is 45.4 Å². The van der Waals surface area contributed by atoms with Gasteiger partial charge in [0, 0.05) is 6.42 Å². The van der Waals surface area contributed by atoms with E-state index in [9.17, 15) is 4.79 Å². The van der Waals surface area contributed by atoms with E-state index in [1.165, 1.54) is 64.2 Å².